The standard InChI is InChI=1S/C15H25F3/c1-11-2-6-13(7-3-11)14-8-4-12(5-9-14)10-15(16,17)18/h11-14H,2-10H2,1H3/t11-,12-,13-,14-. The van der Waals surface area contributed by atoms with Gasteiger partial charge in [0, 0.05) is 6.42 Å². The van der Waals surface area contributed by atoms with Crippen LogP contribution >= 0.6 is 0 Å². The highest BCUT2D eigenvalue weighted by Crippen LogP contribution is 2.43. The minimum Gasteiger partial charge on any atom is -0.171 e. The van der Waals surface area contributed by atoms with Gasteiger partial charge in [0.1, 0.15) is 0 Å². The van der Waals surface area contributed by atoms with Crippen molar-refractivity contribution in [2.45, 2.75) is 70.9 Å². The average molecular weight is 262 g/mol. The number of halogens is 3. The Balaban J connectivity index is 1.73. The van der Waals surface area contributed by atoms with Crippen molar-refractivity contribution in [3.63, 3.8) is 0 Å². The maximum absolute atomic E-state index is 12.3. The minimum absolute atomic E-state index is 0.0937. The van der Waals surface area contributed by atoms with Crippen molar-refractivity contribution in [2.24, 2.45) is 23.7 Å². The minimum atomic E-state index is -3.96. The lowest BCUT2D eigenvalue weighted by molar-refractivity contribution is -0.147. The summed E-state index contributed by atoms with van der Waals surface area (Å²) < 4.78 is 37.0. The largest absolute Gasteiger partial charge is 0.389 e. The third-order valence-electron chi connectivity index (χ3n) is 5.14. The van der Waals surface area contributed by atoms with E-state index in [1.807, 2.05) is 0 Å². The summed E-state index contributed by atoms with van der Waals surface area (Å²) in [7, 11) is 0. The van der Waals surface area contributed by atoms with Gasteiger partial charge in [0.15, 0.2) is 0 Å². The number of hydrogen-bond acceptors (Lipinski definition) is 0. The monoisotopic (exact) mass is 262 g/mol. The van der Waals surface area contributed by atoms with Gasteiger partial charge in [-0.05, 0) is 62.2 Å². The van der Waals surface area contributed by atoms with Gasteiger partial charge >= 0.3 is 6.18 Å². The van der Waals surface area contributed by atoms with E-state index in [2.05, 4.69) is 6.92 Å². The fraction of sp³-hybridized carbons (Fsp3) is 1.00. The van der Waals surface area contributed by atoms with Crippen molar-refractivity contribution in [3.8, 4) is 0 Å². The Hall–Kier alpha value is -0.210. The van der Waals surface area contributed by atoms with Crippen LogP contribution in [-0.2, 0) is 0 Å². The van der Waals surface area contributed by atoms with E-state index in [-0.39, 0.29) is 5.92 Å². The van der Waals surface area contributed by atoms with Crippen molar-refractivity contribution < 1.29 is 13.2 Å². The van der Waals surface area contributed by atoms with Crippen LogP contribution in [0.15, 0.2) is 0 Å². The second-order valence-electron chi connectivity index (χ2n) is 6.62. The Morgan fingerprint density at radius 2 is 1.22 bits per heavy atom. The van der Waals surface area contributed by atoms with Crippen molar-refractivity contribution in [1.82, 2.24) is 0 Å². The van der Waals surface area contributed by atoms with Crippen LogP contribution in [0.25, 0.3) is 0 Å². The summed E-state index contributed by atoms with van der Waals surface area (Å²) in [4.78, 5) is 0. The lowest BCUT2D eigenvalue weighted by atomic mass is 9.69. The Bertz CT molecular complexity index is 243. The molecule has 2 saturated carbocycles. The highest BCUT2D eigenvalue weighted by Gasteiger charge is 2.35. The molecule has 0 atom stereocenters. The number of rotatable bonds is 2. The Morgan fingerprint density at radius 3 is 1.67 bits per heavy atom. The summed E-state index contributed by atoms with van der Waals surface area (Å²) in [5.74, 6) is 2.31. The molecule has 0 bridgehead atoms. The van der Waals surface area contributed by atoms with Crippen LogP contribution in [0, 0.1) is 23.7 Å². The van der Waals surface area contributed by atoms with Gasteiger partial charge in [-0.3, -0.25) is 0 Å². The maximum atomic E-state index is 12.3. The molecule has 0 heterocycles. The number of alkyl halides is 3. The van der Waals surface area contributed by atoms with Crippen LogP contribution in [0.1, 0.15) is 64.7 Å². The highest BCUT2D eigenvalue weighted by atomic mass is 19.4. The zero-order valence-electron chi connectivity index (χ0n) is 11.3. The molecule has 106 valence electrons. The van der Waals surface area contributed by atoms with E-state index in [1.54, 1.807) is 0 Å². The fourth-order valence-corrected chi connectivity index (χ4v) is 3.95. The van der Waals surface area contributed by atoms with Crippen molar-refractivity contribution in [2.75, 3.05) is 0 Å². The van der Waals surface area contributed by atoms with E-state index in [0.29, 0.717) is 0 Å². The normalized spacial score (nSPS) is 38.7. The molecule has 2 fully saturated rings. The molecule has 18 heavy (non-hydrogen) atoms. The lowest BCUT2D eigenvalue weighted by Crippen LogP contribution is -2.27. The first-order chi connectivity index (χ1) is 8.44. The molecule has 2 aliphatic rings. The molecule has 0 saturated heterocycles. The topological polar surface area (TPSA) is 0 Å². The maximum Gasteiger partial charge on any atom is 0.389 e. The van der Waals surface area contributed by atoms with Gasteiger partial charge in [-0.25, -0.2) is 0 Å². The van der Waals surface area contributed by atoms with Crippen molar-refractivity contribution >= 4 is 0 Å². The second kappa shape index (κ2) is 5.83. The summed E-state index contributed by atoms with van der Waals surface area (Å²) in [6, 6.07) is 0. The Kier molecular flexibility index (Phi) is 4.60. The molecule has 0 aromatic heterocycles. The Morgan fingerprint density at radius 1 is 0.778 bits per heavy atom. The van der Waals surface area contributed by atoms with Crippen molar-refractivity contribution in [1.29, 1.82) is 0 Å². The molecule has 0 radical (unpaired) electrons. The molecule has 0 aromatic rings. The Labute approximate surface area is 108 Å². The molecule has 0 unspecified atom stereocenters. The van der Waals surface area contributed by atoms with Crippen LogP contribution in [0.5, 0.6) is 0 Å². The molecule has 0 aromatic carbocycles. The smallest absolute Gasteiger partial charge is 0.171 e. The van der Waals surface area contributed by atoms with Gasteiger partial charge in [-0.15, -0.1) is 0 Å². The molecule has 0 amide bonds. The predicted molar refractivity (Wildman–Crippen MR) is 67.2 cm³/mol. The summed E-state index contributed by atoms with van der Waals surface area (Å²) in [5, 5.41) is 0. The summed E-state index contributed by atoms with van der Waals surface area (Å²) in [6.45, 7) is 2.32. The zero-order chi connectivity index (χ0) is 13.2. The van der Waals surface area contributed by atoms with Gasteiger partial charge in [0.2, 0.25) is 0 Å². The van der Waals surface area contributed by atoms with Crippen LogP contribution in [0.2, 0.25) is 0 Å². The first kappa shape index (κ1) is 14.2. The third kappa shape index (κ3) is 4.17. The van der Waals surface area contributed by atoms with Crippen LogP contribution in [0.4, 0.5) is 13.2 Å². The zero-order valence-corrected chi connectivity index (χ0v) is 11.3. The number of hydrogen-bond donors (Lipinski definition) is 0. The molecule has 2 rings (SSSR count). The van der Waals surface area contributed by atoms with E-state index >= 15 is 0 Å². The van der Waals surface area contributed by atoms with E-state index in [4.69, 9.17) is 0 Å². The summed E-state index contributed by atoms with van der Waals surface area (Å²) >= 11 is 0. The summed E-state index contributed by atoms with van der Waals surface area (Å²) in [5.41, 5.74) is 0. The van der Waals surface area contributed by atoms with E-state index in [9.17, 15) is 13.2 Å². The fourth-order valence-electron chi connectivity index (χ4n) is 3.95. The molecule has 0 nitrogen and oxygen atoms in total. The van der Waals surface area contributed by atoms with Gasteiger partial charge in [0.25, 0.3) is 0 Å². The molecule has 0 aliphatic heterocycles. The van der Waals surface area contributed by atoms with E-state index in [1.165, 1.54) is 25.7 Å². The van der Waals surface area contributed by atoms with E-state index < -0.39 is 12.6 Å². The second-order valence-corrected chi connectivity index (χ2v) is 6.62. The van der Waals surface area contributed by atoms with Gasteiger partial charge < -0.3 is 0 Å². The van der Waals surface area contributed by atoms with Crippen LogP contribution < -0.4 is 0 Å². The van der Waals surface area contributed by atoms with Crippen LogP contribution in [-0.4, -0.2) is 6.18 Å². The first-order valence-electron chi connectivity index (χ1n) is 7.51. The SMILES string of the molecule is C[C@H]1CC[C@H]([C@H]2CC[C@H](CC(F)(F)F)CC2)CC1. The first-order valence-corrected chi connectivity index (χ1v) is 7.51. The van der Waals surface area contributed by atoms with Crippen molar-refractivity contribution in [3.05, 3.63) is 0 Å². The van der Waals surface area contributed by atoms with Gasteiger partial charge in [-0.1, -0.05) is 19.8 Å². The predicted octanol–water partition coefficient (Wildman–Crippen LogP) is 5.57. The average Bonchev–Trinajstić information content (AvgIpc) is 2.29. The molecular formula is C15H25F3. The van der Waals surface area contributed by atoms with Crippen LogP contribution in [0.3, 0.4) is 0 Å². The third-order valence-corrected chi connectivity index (χ3v) is 5.14. The van der Waals surface area contributed by atoms with Gasteiger partial charge in [0.05, 0.1) is 0 Å². The summed E-state index contributed by atoms with van der Waals surface area (Å²) in [6.07, 6.45) is 4.46. The molecule has 0 spiro atoms. The highest BCUT2D eigenvalue weighted by molar-refractivity contribution is 4.81. The molecule has 2 aliphatic carbocycles. The quantitative estimate of drug-likeness (QED) is 0.610. The molecular weight excluding hydrogens is 237 g/mol. The molecule has 3 heteroatoms. The van der Waals surface area contributed by atoms with Gasteiger partial charge in [-0.2, -0.15) is 13.2 Å². The lowest BCUT2D eigenvalue weighted by Gasteiger charge is -2.37. The molecule has 0 N–H and O–H groups in total. The van der Waals surface area contributed by atoms with E-state index in [0.717, 1.165) is 43.4 Å².